The second kappa shape index (κ2) is 6.16. The Bertz CT molecular complexity index is 418. The maximum Gasteiger partial charge on any atom is 0.338 e. The zero-order chi connectivity index (χ0) is 13.6. The van der Waals surface area contributed by atoms with Gasteiger partial charge in [-0.25, -0.2) is 9.59 Å². The van der Waals surface area contributed by atoms with Crippen LogP contribution in [0.2, 0.25) is 0 Å². The Balaban J connectivity index is 2.66. The first-order valence-corrected chi connectivity index (χ1v) is 5.74. The summed E-state index contributed by atoms with van der Waals surface area (Å²) in [5, 5.41) is 9.01. The van der Waals surface area contributed by atoms with Gasteiger partial charge in [0.15, 0.2) is 0 Å². The molecule has 0 amide bonds. The van der Waals surface area contributed by atoms with Crippen molar-refractivity contribution in [2.45, 2.75) is 31.9 Å². The van der Waals surface area contributed by atoms with E-state index in [-0.39, 0.29) is 13.0 Å². The normalized spacial score (nSPS) is 13.7. The van der Waals surface area contributed by atoms with Crippen molar-refractivity contribution in [2.24, 2.45) is 5.73 Å². The van der Waals surface area contributed by atoms with Gasteiger partial charge in [-0.1, -0.05) is 43.7 Å². The fourth-order valence-electron chi connectivity index (χ4n) is 1.54. The number of carboxylic acids is 1. The van der Waals surface area contributed by atoms with Crippen molar-refractivity contribution >= 4 is 11.9 Å². The van der Waals surface area contributed by atoms with Crippen LogP contribution in [0, 0.1) is 0 Å². The molecule has 1 atom stereocenters. The molecule has 18 heavy (non-hydrogen) atoms. The standard InChI is InChI=1S/C13H17NO4/c1-2-8-13(14,11(15)16)12(17)18-9-10-6-4-3-5-7-10/h3-7H,2,8-9,14H2,1H3,(H,15,16)/t13-/m0/s1. The highest BCUT2D eigenvalue weighted by Gasteiger charge is 2.43. The summed E-state index contributed by atoms with van der Waals surface area (Å²) in [5.74, 6) is -2.26. The van der Waals surface area contributed by atoms with Gasteiger partial charge in [-0.05, 0) is 12.0 Å². The van der Waals surface area contributed by atoms with Crippen LogP contribution in [0.4, 0.5) is 0 Å². The van der Waals surface area contributed by atoms with E-state index in [0.29, 0.717) is 6.42 Å². The number of ether oxygens (including phenoxy) is 1. The number of hydrogen-bond acceptors (Lipinski definition) is 4. The van der Waals surface area contributed by atoms with Gasteiger partial charge in [0.05, 0.1) is 0 Å². The summed E-state index contributed by atoms with van der Waals surface area (Å²) in [5.41, 5.74) is 4.42. The van der Waals surface area contributed by atoms with Crippen molar-refractivity contribution < 1.29 is 19.4 Å². The van der Waals surface area contributed by atoms with Crippen LogP contribution >= 0.6 is 0 Å². The summed E-state index contributed by atoms with van der Waals surface area (Å²) < 4.78 is 4.96. The number of carbonyl (C=O) groups is 2. The van der Waals surface area contributed by atoms with E-state index in [4.69, 9.17) is 15.6 Å². The SMILES string of the molecule is CCC[C@](N)(C(=O)O)C(=O)OCc1ccccc1. The third kappa shape index (κ3) is 3.30. The van der Waals surface area contributed by atoms with Crippen molar-refractivity contribution in [3.63, 3.8) is 0 Å². The lowest BCUT2D eigenvalue weighted by atomic mass is 9.95. The Morgan fingerprint density at radius 3 is 2.44 bits per heavy atom. The third-order valence-corrected chi connectivity index (χ3v) is 2.60. The Kier molecular flexibility index (Phi) is 4.85. The van der Waals surface area contributed by atoms with Crippen LogP contribution in [0.25, 0.3) is 0 Å². The molecule has 3 N–H and O–H groups in total. The van der Waals surface area contributed by atoms with Crippen LogP contribution in [0.1, 0.15) is 25.3 Å². The molecule has 1 aromatic carbocycles. The average Bonchev–Trinajstić information content (AvgIpc) is 2.37. The predicted molar refractivity (Wildman–Crippen MR) is 65.7 cm³/mol. The number of esters is 1. The van der Waals surface area contributed by atoms with Gasteiger partial charge in [0.1, 0.15) is 6.61 Å². The van der Waals surface area contributed by atoms with Gasteiger partial charge in [0, 0.05) is 0 Å². The first-order valence-electron chi connectivity index (χ1n) is 5.74. The molecule has 0 aliphatic carbocycles. The Hall–Kier alpha value is -1.88. The largest absolute Gasteiger partial charge is 0.479 e. The van der Waals surface area contributed by atoms with Gasteiger partial charge in [0.2, 0.25) is 5.54 Å². The lowest BCUT2D eigenvalue weighted by molar-refractivity contribution is -0.162. The smallest absolute Gasteiger partial charge is 0.338 e. The second-order valence-electron chi connectivity index (χ2n) is 4.09. The van der Waals surface area contributed by atoms with E-state index >= 15 is 0 Å². The number of hydrogen-bond donors (Lipinski definition) is 2. The highest BCUT2D eigenvalue weighted by atomic mass is 16.5. The minimum absolute atomic E-state index is 0.0234. The van der Waals surface area contributed by atoms with Crippen LogP contribution in [0.15, 0.2) is 30.3 Å². The molecule has 0 aliphatic heterocycles. The molecule has 0 fully saturated rings. The first kappa shape index (κ1) is 14.2. The molecular weight excluding hydrogens is 234 g/mol. The van der Waals surface area contributed by atoms with E-state index in [9.17, 15) is 9.59 Å². The molecule has 5 nitrogen and oxygen atoms in total. The van der Waals surface area contributed by atoms with Gasteiger partial charge < -0.3 is 15.6 Å². The van der Waals surface area contributed by atoms with Crippen molar-refractivity contribution in [3.05, 3.63) is 35.9 Å². The summed E-state index contributed by atoms with van der Waals surface area (Å²) in [4.78, 5) is 22.8. The van der Waals surface area contributed by atoms with Gasteiger partial charge in [-0.2, -0.15) is 0 Å². The number of carbonyl (C=O) groups excluding carboxylic acids is 1. The van der Waals surface area contributed by atoms with Crippen LogP contribution in [0.3, 0.4) is 0 Å². The maximum absolute atomic E-state index is 11.7. The van der Waals surface area contributed by atoms with Gasteiger partial charge in [-0.15, -0.1) is 0 Å². The van der Waals surface area contributed by atoms with E-state index < -0.39 is 17.5 Å². The lowest BCUT2D eigenvalue weighted by Gasteiger charge is -2.21. The highest BCUT2D eigenvalue weighted by molar-refractivity contribution is 6.03. The number of carboxylic acid groups (broad SMARTS) is 1. The van der Waals surface area contributed by atoms with Gasteiger partial charge in [0.25, 0.3) is 0 Å². The fraction of sp³-hybridized carbons (Fsp3) is 0.385. The summed E-state index contributed by atoms with van der Waals surface area (Å²) in [6, 6.07) is 9.02. The quantitative estimate of drug-likeness (QED) is 0.587. The molecule has 0 unspecified atom stereocenters. The second-order valence-corrected chi connectivity index (χ2v) is 4.09. The van der Waals surface area contributed by atoms with E-state index in [1.807, 2.05) is 18.2 Å². The Morgan fingerprint density at radius 1 is 1.33 bits per heavy atom. The zero-order valence-electron chi connectivity index (χ0n) is 10.3. The summed E-state index contributed by atoms with van der Waals surface area (Å²) in [7, 11) is 0. The molecule has 98 valence electrons. The van der Waals surface area contributed by atoms with E-state index in [0.717, 1.165) is 5.56 Å². The molecule has 0 aromatic heterocycles. The van der Waals surface area contributed by atoms with E-state index in [1.54, 1.807) is 19.1 Å². The summed E-state index contributed by atoms with van der Waals surface area (Å²) in [6.07, 6.45) is 0.541. The maximum atomic E-state index is 11.7. The molecule has 1 rings (SSSR count). The first-order chi connectivity index (χ1) is 8.50. The molecule has 0 aliphatic rings. The third-order valence-electron chi connectivity index (χ3n) is 2.60. The van der Waals surface area contributed by atoms with E-state index in [2.05, 4.69) is 0 Å². The van der Waals surface area contributed by atoms with Crippen molar-refractivity contribution in [2.75, 3.05) is 0 Å². The summed E-state index contributed by atoms with van der Waals surface area (Å²) in [6.45, 7) is 1.78. The zero-order valence-corrected chi connectivity index (χ0v) is 10.3. The minimum atomic E-state index is -1.95. The number of benzene rings is 1. The van der Waals surface area contributed by atoms with Crippen molar-refractivity contribution in [1.82, 2.24) is 0 Å². The molecule has 0 saturated carbocycles. The Morgan fingerprint density at radius 2 is 1.94 bits per heavy atom. The van der Waals surface area contributed by atoms with Gasteiger partial charge in [-0.3, -0.25) is 0 Å². The number of aliphatic carboxylic acids is 1. The van der Waals surface area contributed by atoms with Crippen molar-refractivity contribution in [3.8, 4) is 0 Å². The monoisotopic (exact) mass is 251 g/mol. The molecule has 0 radical (unpaired) electrons. The van der Waals surface area contributed by atoms with Crippen LogP contribution in [-0.4, -0.2) is 22.6 Å². The van der Waals surface area contributed by atoms with Crippen LogP contribution in [0.5, 0.6) is 0 Å². The molecular formula is C13H17NO4. The summed E-state index contributed by atoms with van der Waals surface area (Å²) >= 11 is 0. The average molecular weight is 251 g/mol. The fourth-order valence-corrected chi connectivity index (χ4v) is 1.54. The molecule has 0 saturated heterocycles. The Labute approximate surface area is 106 Å². The molecule has 0 heterocycles. The van der Waals surface area contributed by atoms with Gasteiger partial charge >= 0.3 is 11.9 Å². The number of nitrogens with two attached hydrogens (primary N) is 1. The highest BCUT2D eigenvalue weighted by Crippen LogP contribution is 2.14. The molecule has 0 spiro atoms. The lowest BCUT2D eigenvalue weighted by Crippen LogP contribution is -2.55. The van der Waals surface area contributed by atoms with Crippen LogP contribution < -0.4 is 5.73 Å². The number of rotatable bonds is 6. The van der Waals surface area contributed by atoms with Crippen LogP contribution in [-0.2, 0) is 20.9 Å². The van der Waals surface area contributed by atoms with Crippen molar-refractivity contribution in [1.29, 1.82) is 0 Å². The molecule has 1 aromatic rings. The molecule has 0 bridgehead atoms. The topological polar surface area (TPSA) is 89.6 Å². The molecule has 5 heteroatoms. The van der Waals surface area contributed by atoms with E-state index in [1.165, 1.54) is 0 Å². The predicted octanol–water partition coefficient (Wildman–Crippen LogP) is 1.31. The minimum Gasteiger partial charge on any atom is -0.479 e.